The van der Waals surface area contributed by atoms with Crippen molar-refractivity contribution in [2.75, 3.05) is 12.8 Å². The minimum atomic E-state index is -0.00775. The number of pyridine rings is 1. The number of nitrogens with two attached hydrogens (primary N) is 1. The van der Waals surface area contributed by atoms with Crippen molar-refractivity contribution in [3.05, 3.63) is 54.4 Å². The molecule has 7 nitrogen and oxygen atoms in total. The number of aromatic amines is 1. The number of hydrogen-bond donors (Lipinski definition) is 5. The monoisotopic (exact) mass is 348 g/mol. The molecule has 2 aromatic heterocycles. The molecule has 7 heteroatoms. The number of nitrogens with zero attached hydrogens (tertiary/aromatic N) is 2. The van der Waals surface area contributed by atoms with Gasteiger partial charge in [-0.15, -0.1) is 0 Å². The van der Waals surface area contributed by atoms with Crippen LogP contribution in [0.4, 0.5) is 5.69 Å². The van der Waals surface area contributed by atoms with Gasteiger partial charge in [-0.1, -0.05) is 18.2 Å². The number of rotatable bonds is 4. The average molecular weight is 348 g/mol. The molecule has 26 heavy (non-hydrogen) atoms. The van der Waals surface area contributed by atoms with E-state index < -0.39 is 0 Å². The lowest BCUT2D eigenvalue weighted by molar-refractivity contribution is 0.457. The summed E-state index contributed by atoms with van der Waals surface area (Å²) < 4.78 is 0. The van der Waals surface area contributed by atoms with Gasteiger partial charge in [0.1, 0.15) is 5.84 Å². The van der Waals surface area contributed by atoms with Crippen LogP contribution in [-0.4, -0.2) is 33.7 Å². The largest absolute Gasteiger partial charge is 0.494 e. The number of nitrogens with one attached hydrogen (secondary N) is 3. The van der Waals surface area contributed by atoms with E-state index in [4.69, 9.17) is 11.1 Å². The van der Waals surface area contributed by atoms with Crippen molar-refractivity contribution < 1.29 is 5.11 Å². The molecule has 2 heterocycles. The van der Waals surface area contributed by atoms with Gasteiger partial charge in [0.05, 0.1) is 28.7 Å². The molecular formula is C19H20N6O. The highest BCUT2D eigenvalue weighted by Gasteiger charge is 2.16. The lowest BCUT2D eigenvalue weighted by Gasteiger charge is -2.05. The summed E-state index contributed by atoms with van der Waals surface area (Å²) >= 11 is 0. The molecule has 0 radical (unpaired) electrons. The molecular weight excluding hydrogens is 328 g/mol. The van der Waals surface area contributed by atoms with Gasteiger partial charge < -0.3 is 21.1 Å². The zero-order valence-electron chi connectivity index (χ0n) is 14.5. The van der Waals surface area contributed by atoms with Crippen LogP contribution in [0, 0.1) is 5.41 Å². The second-order valence-electron chi connectivity index (χ2n) is 5.76. The third kappa shape index (κ3) is 3.27. The number of anilines is 1. The molecule has 0 atom stereocenters. The number of para-hydroxylation sites is 1. The molecule has 0 aliphatic rings. The van der Waals surface area contributed by atoms with Crippen molar-refractivity contribution in [1.29, 1.82) is 5.41 Å². The van der Waals surface area contributed by atoms with Gasteiger partial charge in [-0.2, -0.15) is 0 Å². The van der Waals surface area contributed by atoms with Crippen LogP contribution >= 0.6 is 0 Å². The summed E-state index contributed by atoms with van der Waals surface area (Å²) in [5.74, 6) is 0.0683. The minimum absolute atomic E-state index is 0.00775. The quantitative estimate of drug-likeness (QED) is 0.282. The van der Waals surface area contributed by atoms with Gasteiger partial charge >= 0.3 is 0 Å². The summed E-state index contributed by atoms with van der Waals surface area (Å²) in [6, 6.07) is 9.34. The van der Waals surface area contributed by atoms with E-state index in [2.05, 4.69) is 20.3 Å². The lowest BCUT2D eigenvalue weighted by atomic mass is 10.0. The van der Waals surface area contributed by atoms with Gasteiger partial charge in [0, 0.05) is 23.7 Å². The van der Waals surface area contributed by atoms with Crippen molar-refractivity contribution in [3.63, 3.8) is 0 Å². The Morgan fingerprint density at radius 3 is 2.88 bits per heavy atom. The molecule has 0 aliphatic carbocycles. The Labute approximate surface area is 150 Å². The molecule has 0 fully saturated rings. The molecule has 0 unspecified atom stereocenters. The van der Waals surface area contributed by atoms with Crippen LogP contribution in [0.25, 0.3) is 22.2 Å². The Bertz CT molecular complexity index is 1030. The summed E-state index contributed by atoms with van der Waals surface area (Å²) in [5.41, 5.74) is 9.95. The fourth-order valence-electron chi connectivity index (χ4n) is 2.76. The van der Waals surface area contributed by atoms with E-state index in [1.807, 2.05) is 30.3 Å². The summed E-state index contributed by atoms with van der Waals surface area (Å²) in [6.45, 7) is 1.75. The SMILES string of the molecule is CN/C=C\C(=N)N=C(C)c1c(O)[nH]c2cnc(-c3ccccc3N)cc12. The summed E-state index contributed by atoms with van der Waals surface area (Å²) in [6.07, 6.45) is 4.81. The Morgan fingerprint density at radius 1 is 1.38 bits per heavy atom. The molecule has 0 saturated heterocycles. The number of aromatic hydroxyl groups is 1. The van der Waals surface area contributed by atoms with Crippen LogP contribution in [0.1, 0.15) is 12.5 Å². The number of H-pyrrole nitrogens is 1. The fourth-order valence-corrected chi connectivity index (χ4v) is 2.76. The first-order valence-electron chi connectivity index (χ1n) is 8.05. The van der Waals surface area contributed by atoms with Crippen LogP contribution in [0.5, 0.6) is 5.88 Å². The topological polar surface area (TPSA) is 123 Å². The van der Waals surface area contributed by atoms with Crippen LogP contribution < -0.4 is 11.1 Å². The molecule has 0 saturated carbocycles. The van der Waals surface area contributed by atoms with E-state index in [0.29, 0.717) is 28.2 Å². The number of nitrogen functional groups attached to an aromatic ring is 1. The van der Waals surface area contributed by atoms with Gasteiger partial charge in [0.15, 0.2) is 5.88 Å². The third-order valence-corrected chi connectivity index (χ3v) is 3.96. The van der Waals surface area contributed by atoms with E-state index in [0.717, 1.165) is 10.9 Å². The predicted octanol–water partition coefficient (Wildman–Crippen LogP) is 3.04. The molecule has 1 aromatic carbocycles. The molecule has 3 rings (SSSR count). The van der Waals surface area contributed by atoms with Crippen LogP contribution in [0.15, 0.2) is 53.8 Å². The third-order valence-electron chi connectivity index (χ3n) is 3.96. The number of amidine groups is 1. The molecule has 3 aromatic rings. The van der Waals surface area contributed by atoms with Gasteiger partial charge in [-0.05, 0) is 31.3 Å². The first-order valence-corrected chi connectivity index (χ1v) is 8.05. The van der Waals surface area contributed by atoms with Crippen molar-refractivity contribution >= 4 is 28.1 Å². The van der Waals surface area contributed by atoms with Gasteiger partial charge in [0.25, 0.3) is 0 Å². The highest BCUT2D eigenvalue weighted by atomic mass is 16.3. The maximum Gasteiger partial charge on any atom is 0.198 e. The van der Waals surface area contributed by atoms with Crippen molar-refractivity contribution in [2.24, 2.45) is 4.99 Å². The molecule has 0 spiro atoms. The predicted molar refractivity (Wildman–Crippen MR) is 106 cm³/mol. The van der Waals surface area contributed by atoms with Gasteiger partial charge in [-0.25, -0.2) is 4.99 Å². The number of hydrogen-bond acceptors (Lipinski definition) is 5. The Hall–Kier alpha value is -3.61. The number of fused-ring (bicyclic) bond motifs is 1. The smallest absolute Gasteiger partial charge is 0.198 e. The summed E-state index contributed by atoms with van der Waals surface area (Å²) in [5, 5.41) is 21.8. The van der Waals surface area contributed by atoms with E-state index in [1.54, 1.807) is 26.4 Å². The van der Waals surface area contributed by atoms with E-state index in [9.17, 15) is 5.11 Å². The zero-order chi connectivity index (χ0) is 18.7. The Morgan fingerprint density at radius 2 is 2.15 bits per heavy atom. The van der Waals surface area contributed by atoms with Gasteiger partial charge in [-0.3, -0.25) is 10.4 Å². The van der Waals surface area contributed by atoms with E-state index in [-0.39, 0.29) is 11.7 Å². The van der Waals surface area contributed by atoms with E-state index >= 15 is 0 Å². The first kappa shape index (κ1) is 17.2. The van der Waals surface area contributed by atoms with Crippen LogP contribution in [0.2, 0.25) is 0 Å². The highest BCUT2D eigenvalue weighted by Crippen LogP contribution is 2.32. The number of benzene rings is 1. The first-order chi connectivity index (χ1) is 12.5. The highest BCUT2D eigenvalue weighted by molar-refractivity contribution is 6.16. The second kappa shape index (κ2) is 7.10. The lowest BCUT2D eigenvalue weighted by Crippen LogP contribution is -2.00. The minimum Gasteiger partial charge on any atom is -0.494 e. The van der Waals surface area contributed by atoms with Crippen molar-refractivity contribution in [3.8, 4) is 17.1 Å². The van der Waals surface area contributed by atoms with Crippen LogP contribution in [-0.2, 0) is 0 Å². The fraction of sp³-hybridized carbons (Fsp3) is 0.105. The maximum absolute atomic E-state index is 10.3. The number of aromatic nitrogens is 2. The maximum atomic E-state index is 10.3. The Kier molecular flexibility index (Phi) is 4.70. The molecule has 0 aliphatic heterocycles. The van der Waals surface area contributed by atoms with Gasteiger partial charge in [0.2, 0.25) is 0 Å². The average Bonchev–Trinajstić information content (AvgIpc) is 2.95. The summed E-state index contributed by atoms with van der Waals surface area (Å²) in [4.78, 5) is 11.6. The standard InChI is InChI=1S/C19H20N6O/c1-11(24-17(21)7-8-22-2)18-13-9-15(12-5-3-4-6-14(12)20)23-10-16(13)25-19(18)26/h3-10,21-22,25-26H,20H2,1-2H3/b8-7-,21-17?,24-11?. The zero-order valence-corrected chi connectivity index (χ0v) is 14.5. The van der Waals surface area contributed by atoms with Crippen LogP contribution in [0.3, 0.4) is 0 Å². The normalized spacial score (nSPS) is 12.0. The molecule has 6 N–H and O–H groups in total. The van der Waals surface area contributed by atoms with Crippen molar-refractivity contribution in [2.45, 2.75) is 6.92 Å². The van der Waals surface area contributed by atoms with Crippen molar-refractivity contribution in [1.82, 2.24) is 15.3 Å². The van der Waals surface area contributed by atoms with E-state index in [1.165, 1.54) is 6.08 Å². The molecule has 0 bridgehead atoms. The number of aliphatic imine (C=N–C) groups is 1. The molecule has 132 valence electrons. The Balaban J connectivity index is 2.11. The second-order valence-corrected chi connectivity index (χ2v) is 5.76. The molecule has 0 amide bonds. The summed E-state index contributed by atoms with van der Waals surface area (Å²) in [7, 11) is 1.75.